The third-order valence-corrected chi connectivity index (χ3v) is 7.39. The van der Waals surface area contributed by atoms with Gasteiger partial charge >= 0.3 is 0 Å². The van der Waals surface area contributed by atoms with E-state index in [-0.39, 0.29) is 8.80 Å². The summed E-state index contributed by atoms with van der Waals surface area (Å²) >= 11 is 0. The number of rotatable bonds is 4. The van der Waals surface area contributed by atoms with Gasteiger partial charge in [0, 0.05) is 0 Å². The van der Waals surface area contributed by atoms with Crippen LogP contribution in [0.5, 0.6) is 0 Å². The van der Waals surface area contributed by atoms with E-state index in [1.54, 1.807) is 31.7 Å². The minimum absolute atomic E-state index is 0.144. The van der Waals surface area contributed by atoms with E-state index in [9.17, 15) is 0 Å². The Hall–Kier alpha value is 0.217. The molecular formula is C10H19Si. The minimum atomic E-state index is 0.144. The molecule has 0 aromatic heterocycles. The lowest BCUT2D eigenvalue weighted by molar-refractivity contribution is 0.719. The van der Waals surface area contributed by atoms with Crippen LogP contribution in [0, 0.1) is 5.92 Å². The van der Waals surface area contributed by atoms with Crippen LogP contribution in [0.15, 0.2) is 0 Å². The average molecular weight is 167 g/mol. The van der Waals surface area contributed by atoms with Crippen molar-refractivity contribution in [2.24, 2.45) is 5.92 Å². The molecule has 63 valence electrons. The highest BCUT2D eigenvalue weighted by atomic mass is 28.3. The lowest BCUT2D eigenvalue weighted by atomic mass is 10.3. The summed E-state index contributed by atoms with van der Waals surface area (Å²) in [6.45, 7) is 4.80. The van der Waals surface area contributed by atoms with E-state index in [1.165, 1.54) is 11.1 Å². The molecule has 0 unspecified atom stereocenters. The molecule has 0 nitrogen and oxygen atoms in total. The van der Waals surface area contributed by atoms with Crippen molar-refractivity contribution in [1.82, 2.24) is 0 Å². The molecule has 0 bridgehead atoms. The Bertz CT molecular complexity index is 122. The Kier molecular flexibility index (Phi) is 2.09. The monoisotopic (exact) mass is 167 g/mol. The van der Waals surface area contributed by atoms with Gasteiger partial charge in [-0.3, -0.25) is 0 Å². The van der Waals surface area contributed by atoms with Crippen molar-refractivity contribution < 1.29 is 0 Å². The second-order valence-electron chi connectivity index (χ2n) is 4.72. The molecule has 0 amide bonds. The van der Waals surface area contributed by atoms with Crippen LogP contribution in [-0.4, -0.2) is 8.80 Å². The van der Waals surface area contributed by atoms with Gasteiger partial charge in [0.25, 0.3) is 0 Å². The smallest absolute Gasteiger partial charge is 0.0548 e. The zero-order chi connectivity index (χ0) is 7.84. The third-order valence-electron chi connectivity index (χ3n) is 2.85. The highest BCUT2D eigenvalue weighted by Crippen LogP contribution is 2.53. The van der Waals surface area contributed by atoms with Gasteiger partial charge in [-0.05, 0) is 17.0 Å². The number of hydrogen-bond donors (Lipinski definition) is 0. The maximum Gasteiger partial charge on any atom is 0.0548 e. The van der Waals surface area contributed by atoms with Crippen molar-refractivity contribution >= 4 is 8.80 Å². The van der Waals surface area contributed by atoms with E-state index in [1.807, 2.05) is 0 Å². The quantitative estimate of drug-likeness (QED) is 0.562. The Morgan fingerprint density at radius 2 is 1.55 bits per heavy atom. The van der Waals surface area contributed by atoms with Gasteiger partial charge < -0.3 is 0 Å². The predicted octanol–water partition coefficient (Wildman–Crippen LogP) is 3.47. The topological polar surface area (TPSA) is 0 Å². The van der Waals surface area contributed by atoms with Gasteiger partial charge in [-0.15, -0.1) is 0 Å². The largest absolute Gasteiger partial charge is 0.0630 e. The van der Waals surface area contributed by atoms with Crippen molar-refractivity contribution in [2.75, 3.05) is 0 Å². The molecule has 0 aromatic rings. The van der Waals surface area contributed by atoms with Crippen LogP contribution < -0.4 is 0 Å². The first-order valence-corrected chi connectivity index (χ1v) is 6.99. The minimum Gasteiger partial charge on any atom is -0.0630 e. The zero-order valence-electron chi connectivity index (χ0n) is 7.77. The van der Waals surface area contributed by atoms with E-state index in [0.717, 1.165) is 5.92 Å². The van der Waals surface area contributed by atoms with E-state index >= 15 is 0 Å². The summed E-state index contributed by atoms with van der Waals surface area (Å²) in [5, 5.41) is 0. The molecule has 0 heterocycles. The van der Waals surface area contributed by atoms with Crippen LogP contribution in [0.1, 0.15) is 39.5 Å². The molecule has 0 N–H and O–H groups in total. The highest BCUT2D eigenvalue weighted by molar-refractivity contribution is 6.63. The van der Waals surface area contributed by atoms with Crippen molar-refractivity contribution in [3.8, 4) is 0 Å². The normalized spacial score (nSPS) is 25.1. The first kappa shape index (κ1) is 7.84. The fourth-order valence-electron chi connectivity index (χ4n) is 2.05. The summed E-state index contributed by atoms with van der Waals surface area (Å²) < 4.78 is 0. The molecule has 1 radical (unpaired) electrons. The van der Waals surface area contributed by atoms with Gasteiger partial charge in [-0.1, -0.05) is 45.6 Å². The fraction of sp³-hybridized carbons (Fsp3) is 1.00. The van der Waals surface area contributed by atoms with Crippen LogP contribution in [0.2, 0.25) is 17.1 Å². The standard InChI is InChI=1S/C10H19Si/c1-8(2)7-11(9-3-4-9)10-5-6-10/h8-10H,3-7H2,1-2H3. The SMILES string of the molecule is CC(C)C[Si](C1CC1)C1CC1. The molecule has 0 aromatic carbocycles. The van der Waals surface area contributed by atoms with Crippen molar-refractivity contribution in [2.45, 2.75) is 56.7 Å². The van der Waals surface area contributed by atoms with Gasteiger partial charge in [0.1, 0.15) is 0 Å². The highest BCUT2D eigenvalue weighted by Gasteiger charge is 2.42. The van der Waals surface area contributed by atoms with Gasteiger partial charge in [0.15, 0.2) is 0 Å². The van der Waals surface area contributed by atoms with Crippen molar-refractivity contribution in [3.05, 3.63) is 0 Å². The van der Waals surface area contributed by atoms with Crippen molar-refractivity contribution in [1.29, 1.82) is 0 Å². The Morgan fingerprint density at radius 1 is 1.09 bits per heavy atom. The molecule has 2 aliphatic rings. The second-order valence-corrected chi connectivity index (χ2v) is 7.91. The second kappa shape index (κ2) is 2.93. The van der Waals surface area contributed by atoms with Crippen LogP contribution in [0.3, 0.4) is 0 Å². The van der Waals surface area contributed by atoms with Crippen LogP contribution in [-0.2, 0) is 0 Å². The summed E-state index contributed by atoms with van der Waals surface area (Å²) in [7, 11) is 0.144. The fourth-order valence-corrected chi connectivity index (χ4v) is 6.14. The Labute approximate surface area is 72.0 Å². The van der Waals surface area contributed by atoms with E-state index in [0.29, 0.717) is 0 Å². The zero-order valence-corrected chi connectivity index (χ0v) is 8.77. The van der Waals surface area contributed by atoms with Crippen LogP contribution in [0.4, 0.5) is 0 Å². The first-order valence-electron chi connectivity index (χ1n) is 5.13. The summed E-state index contributed by atoms with van der Waals surface area (Å²) in [5.74, 6) is 0.977. The summed E-state index contributed by atoms with van der Waals surface area (Å²) in [6, 6.07) is 1.61. The molecule has 0 spiro atoms. The predicted molar refractivity (Wildman–Crippen MR) is 51.4 cm³/mol. The lowest BCUT2D eigenvalue weighted by Gasteiger charge is -2.15. The van der Waals surface area contributed by atoms with Crippen molar-refractivity contribution in [3.63, 3.8) is 0 Å². The van der Waals surface area contributed by atoms with Gasteiger partial charge in [0.05, 0.1) is 8.80 Å². The van der Waals surface area contributed by atoms with Gasteiger partial charge in [-0.2, -0.15) is 0 Å². The number of hydrogen-bond acceptors (Lipinski definition) is 0. The Morgan fingerprint density at radius 3 is 1.82 bits per heavy atom. The molecule has 0 saturated heterocycles. The summed E-state index contributed by atoms with van der Waals surface area (Å²) in [4.78, 5) is 0. The Balaban J connectivity index is 1.82. The molecule has 2 fully saturated rings. The molecule has 0 atom stereocenters. The maximum atomic E-state index is 2.40. The van der Waals surface area contributed by atoms with Crippen LogP contribution in [0.25, 0.3) is 0 Å². The molecule has 2 aliphatic carbocycles. The maximum absolute atomic E-state index is 2.40. The summed E-state index contributed by atoms with van der Waals surface area (Å²) in [5.41, 5.74) is 2.52. The van der Waals surface area contributed by atoms with E-state index in [2.05, 4.69) is 13.8 Å². The molecule has 0 aliphatic heterocycles. The molecule has 11 heavy (non-hydrogen) atoms. The lowest BCUT2D eigenvalue weighted by Crippen LogP contribution is -2.15. The third kappa shape index (κ3) is 2.08. The molecule has 2 saturated carbocycles. The molecule has 2 rings (SSSR count). The molecular weight excluding hydrogens is 148 g/mol. The van der Waals surface area contributed by atoms with Gasteiger partial charge in [-0.25, -0.2) is 0 Å². The average Bonchev–Trinajstić information content (AvgIpc) is 2.79. The van der Waals surface area contributed by atoms with Crippen LogP contribution >= 0.6 is 0 Å². The van der Waals surface area contributed by atoms with Gasteiger partial charge in [0.2, 0.25) is 0 Å². The van der Waals surface area contributed by atoms with E-state index < -0.39 is 0 Å². The first-order chi connectivity index (χ1) is 5.27. The molecule has 1 heteroatoms. The van der Waals surface area contributed by atoms with E-state index in [4.69, 9.17) is 0 Å². The summed E-state index contributed by atoms with van der Waals surface area (Å²) in [6.07, 6.45) is 6.38.